The van der Waals surface area contributed by atoms with Gasteiger partial charge in [0.15, 0.2) is 11.5 Å². The summed E-state index contributed by atoms with van der Waals surface area (Å²) in [6.45, 7) is 6.10. The molecule has 0 atom stereocenters. The van der Waals surface area contributed by atoms with E-state index in [4.69, 9.17) is 9.47 Å². The van der Waals surface area contributed by atoms with Crippen molar-refractivity contribution in [2.45, 2.75) is 20.8 Å². The molecule has 0 spiro atoms. The lowest BCUT2D eigenvalue weighted by molar-refractivity contribution is 0.355. The number of rotatable bonds is 3. The predicted octanol–water partition coefficient (Wildman–Crippen LogP) is 4.71. The van der Waals surface area contributed by atoms with Gasteiger partial charge in [-0.2, -0.15) is 0 Å². The van der Waals surface area contributed by atoms with Gasteiger partial charge < -0.3 is 9.47 Å². The smallest absolute Gasteiger partial charge is 0.161 e. The van der Waals surface area contributed by atoms with Crippen LogP contribution in [0.25, 0.3) is 11.1 Å². The number of aryl methyl sites for hydroxylation is 1. The monoisotopic (exact) mass is 258 g/mol. The molecule has 102 valence electrons. The third kappa shape index (κ3) is 3.50. The Bertz CT molecular complexity index is 518. The lowest BCUT2D eigenvalue weighted by atomic mass is 10.0. The van der Waals surface area contributed by atoms with Gasteiger partial charge in [-0.05, 0) is 35.7 Å². The predicted molar refractivity (Wildman–Crippen MR) is 81.1 cm³/mol. The summed E-state index contributed by atoms with van der Waals surface area (Å²) in [4.78, 5) is 0. The van der Waals surface area contributed by atoms with E-state index in [1.807, 2.05) is 44.2 Å². The second-order valence-electron chi connectivity index (χ2n) is 3.88. The highest BCUT2D eigenvalue weighted by molar-refractivity contribution is 5.70. The van der Waals surface area contributed by atoms with Crippen molar-refractivity contribution in [2.75, 3.05) is 14.2 Å². The van der Waals surface area contributed by atoms with E-state index in [0.717, 1.165) is 17.1 Å². The maximum absolute atomic E-state index is 5.31. The van der Waals surface area contributed by atoms with Gasteiger partial charge in [0.2, 0.25) is 0 Å². The Morgan fingerprint density at radius 3 is 2.00 bits per heavy atom. The van der Waals surface area contributed by atoms with Gasteiger partial charge in [-0.3, -0.25) is 0 Å². The molecule has 0 saturated carbocycles. The average molecular weight is 258 g/mol. The molecule has 0 saturated heterocycles. The number of hydrogen-bond acceptors (Lipinski definition) is 2. The molecule has 2 aromatic carbocycles. The Morgan fingerprint density at radius 1 is 0.789 bits per heavy atom. The molecule has 0 amide bonds. The van der Waals surface area contributed by atoms with Crippen LogP contribution in [0.3, 0.4) is 0 Å². The summed E-state index contributed by atoms with van der Waals surface area (Å²) in [6, 6.07) is 14.3. The second kappa shape index (κ2) is 7.47. The largest absolute Gasteiger partial charge is 0.493 e. The Labute approximate surface area is 116 Å². The standard InChI is InChI=1S/C15H16O2.C2H6/c1-11-6-4-5-7-13(11)12-8-9-14(16-2)15(10-12)17-3;1-2/h4-10H,1-3H3;1-2H3. The highest BCUT2D eigenvalue weighted by Crippen LogP contribution is 2.33. The maximum atomic E-state index is 5.31. The summed E-state index contributed by atoms with van der Waals surface area (Å²) in [7, 11) is 3.30. The fraction of sp³-hybridized carbons (Fsp3) is 0.294. The summed E-state index contributed by atoms with van der Waals surface area (Å²) < 4.78 is 10.5. The van der Waals surface area contributed by atoms with Crippen LogP contribution in [0.1, 0.15) is 19.4 Å². The topological polar surface area (TPSA) is 18.5 Å². The fourth-order valence-electron chi connectivity index (χ4n) is 1.90. The van der Waals surface area contributed by atoms with Gasteiger partial charge in [0, 0.05) is 0 Å². The first-order valence-corrected chi connectivity index (χ1v) is 6.54. The first kappa shape index (κ1) is 15.1. The zero-order valence-electron chi connectivity index (χ0n) is 12.4. The Kier molecular flexibility index (Phi) is 5.94. The molecule has 0 heterocycles. The lowest BCUT2D eigenvalue weighted by Crippen LogP contribution is -1.91. The average Bonchev–Trinajstić information content (AvgIpc) is 2.49. The van der Waals surface area contributed by atoms with E-state index in [1.54, 1.807) is 14.2 Å². The summed E-state index contributed by atoms with van der Waals surface area (Å²) in [5.41, 5.74) is 3.61. The normalized spacial score (nSPS) is 9.32. The van der Waals surface area contributed by atoms with Crippen molar-refractivity contribution < 1.29 is 9.47 Å². The molecular weight excluding hydrogens is 236 g/mol. The number of ether oxygens (including phenoxy) is 2. The van der Waals surface area contributed by atoms with Crippen LogP contribution in [0.4, 0.5) is 0 Å². The zero-order valence-corrected chi connectivity index (χ0v) is 12.4. The minimum Gasteiger partial charge on any atom is -0.493 e. The Hall–Kier alpha value is -1.96. The molecular formula is C17H22O2. The van der Waals surface area contributed by atoms with Crippen LogP contribution in [0.2, 0.25) is 0 Å². The van der Waals surface area contributed by atoms with Crippen molar-refractivity contribution in [3.8, 4) is 22.6 Å². The van der Waals surface area contributed by atoms with Gasteiger partial charge in [0.05, 0.1) is 14.2 Å². The molecule has 0 N–H and O–H groups in total. The van der Waals surface area contributed by atoms with Gasteiger partial charge in [-0.15, -0.1) is 0 Å². The zero-order chi connectivity index (χ0) is 14.3. The minimum atomic E-state index is 0.754. The first-order valence-electron chi connectivity index (χ1n) is 6.54. The lowest BCUT2D eigenvalue weighted by Gasteiger charge is -2.11. The third-order valence-corrected chi connectivity index (χ3v) is 2.84. The van der Waals surface area contributed by atoms with Crippen LogP contribution in [0.15, 0.2) is 42.5 Å². The Balaban J connectivity index is 0.000000861. The van der Waals surface area contributed by atoms with Crippen LogP contribution in [-0.4, -0.2) is 14.2 Å². The van der Waals surface area contributed by atoms with Crippen LogP contribution in [-0.2, 0) is 0 Å². The van der Waals surface area contributed by atoms with E-state index in [-0.39, 0.29) is 0 Å². The molecule has 0 bridgehead atoms. The first-order chi connectivity index (χ1) is 9.26. The van der Waals surface area contributed by atoms with E-state index >= 15 is 0 Å². The van der Waals surface area contributed by atoms with E-state index in [0.29, 0.717) is 0 Å². The van der Waals surface area contributed by atoms with Crippen LogP contribution in [0, 0.1) is 6.92 Å². The van der Waals surface area contributed by atoms with Crippen molar-refractivity contribution in [3.63, 3.8) is 0 Å². The third-order valence-electron chi connectivity index (χ3n) is 2.84. The van der Waals surface area contributed by atoms with Gasteiger partial charge in [-0.1, -0.05) is 44.2 Å². The highest BCUT2D eigenvalue weighted by atomic mass is 16.5. The molecule has 0 aromatic heterocycles. The van der Waals surface area contributed by atoms with Crippen LogP contribution in [0.5, 0.6) is 11.5 Å². The van der Waals surface area contributed by atoms with Gasteiger partial charge in [0.1, 0.15) is 0 Å². The molecule has 0 fully saturated rings. The van der Waals surface area contributed by atoms with Crippen molar-refractivity contribution in [2.24, 2.45) is 0 Å². The van der Waals surface area contributed by atoms with Crippen LogP contribution >= 0.6 is 0 Å². The molecule has 0 unspecified atom stereocenters. The molecule has 0 aliphatic rings. The van der Waals surface area contributed by atoms with E-state index in [1.165, 1.54) is 11.1 Å². The van der Waals surface area contributed by atoms with Crippen molar-refractivity contribution in [1.29, 1.82) is 0 Å². The minimum absolute atomic E-state index is 0.754. The molecule has 2 aromatic rings. The van der Waals surface area contributed by atoms with Gasteiger partial charge in [-0.25, -0.2) is 0 Å². The number of methoxy groups -OCH3 is 2. The molecule has 19 heavy (non-hydrogen) atoms. The number of hydrogen-bond donors (Lipinski definition) is 0. The quantitative estimate of drug-likeness (QED) is 0.794. The van der Waals surface area contributed by atoms with Crippen molar-refractivity contribution in [3.05, 3.63) is 48.0 Å². The summed E-state index contributed by atoms with van der Waals surface area (Å²) >= 11 is 0. The molecule has 2 rings (SSSR count). The fourth-order valence-corrected chi connectivity index (χ4v) is 1.90. The second-order valence-corrected chi connectivity index (χ2v) is 3.88. The van der Waals surface area contributed by atoms with E-state index < -0.39 is 0 Å². The summed E-state index contributed by atoms with van der Waals surface area (Å²) in [5.74, 6) is 1.51. The molecule has 2 nitrogen and oxygen atoms in total. The van der Waals surface area contributed by atoms with E-state index in [9.17, 15) is 0 Å². The van der Waals surface area contributed by atoms with Gasteiger partial charge in [0.25, 0.3) is 0 Å². The van der Waals surface area contributed by atoms with Gasteiger partial charge >= 0.3 is 0 Å². The van der Waals surface area contributed by atoms with Crippen molar-refractivity contribution in [1.82, 2.24) is 0 Å². The summed E-state index contributed by atoms with van der Waals surface area (Å²) in [5, 5.41) is 0. The Morgan fingerprint density at radius 2 is 1.42 bits per heavy atom. The van der Waals surface area contributed by atoms with Crippen molar-refractivity contribution >= 4 is 0 Å². The maximum Gasteiger partial charge on any atom is 0.161 e. The highest BCUT2D eigenvalue weighted by Gasteiger charge is 2.07. The molecule has 2 heteroatoms. The summed E-state index contributed by atoms with van der Waals surface area (Å²) in [6.07, 6.45) is 0. The SMILES string of the molecule is CC.COc1ccc(-c2ccccc2C)cc1OC. The molecule has 0 radical (unpaired) electrons. The van der Waals surface area contributed by atoms with E-state index in [2.05, 4.69) is 19.1 Å². The molecule has 0 aliphatic heterocycles. The molecule has 0 aliphatic carbocycles. The number of benzene rings is 2. The van der Waals surface area contributed by atoms with Crippen LogP contribution < -0.4 is 9.47 Å².